The first kappa shape index (κ1) is 26.1. The molecule has 0 aromatic heterocycles. The summed E-state index contributed by atoms with van der Waals surface area (Å²) in [6.45, 7) is 12.6. The molecular formula is C29H48Cl2O2. The summed E-state index contributed by atoms with van der Waals surface area (Å²) in [7, 11) is 0. The molecule has 0 saturated heterocycles. The van der Waals surface area contributed by atoms with Gasteiger partial charge in [-0.05, 0) is 110 Å². The number of hydrogen-bond acceptors (Lipinski definition) is 2. The van der Waals surface area contributed by atoms with Gasteiger partial charge in [0.05, 0.1) is 0 Å². The maximum absolute atomic E-state index is 11.9. The summed E-state index contributed by atoms with van der Waals surface area (Å²) in [5.41, 5.74) is 0.972. The van der Waals surface area contributed by atoms with E-state index in [2.05, 4.69) is 34.6 Å². The molecule has 0 unspecified atom stereocenters. The Hall–Kier alpha value is 0.0500. The number of fused-ring (bicyclic) bond motifs is 5. The van der Waals surface area contributed by atoms with Crippen LogP contribution in [-0.4, -0.2) is 16.9 Å². The monoisotopic (exact) mass is 498 g/mol. The lowest BCUT2D eigenvalue weighted by Crippen LogP contribution is -2.54. The van der Waals surface area contributed by atoms with Gasteiger partial charge in [0.2, 0.25) is 4.84 Å². The lowest BCUT2D eigenvalue weighted by Gasteiger charge is -2.61. The zero-order chi connectivity index (χ0) is 24.0. The molecule has 4 aliphatic carbocycles. The smallest absolute Gasteiger partial charge is 0.339 e. The highest BCUT2D eigenvalue weighted by molar-refractivity contribution is 6.52. The Bertz CT molecular complexity index is 693. The summed E-state index contributed by atoms with van der Waals surface area (Å²) in [4.78, 5) is 10.9. The van der Waals surface area contributed by atoms with Gasteiger partial charge < -0.3 is 4.74 Å². The van der Waals surface area contributed by atoms with Crippen LogP contribution in [-0.2, 0) is 9.53 Å². The van der Waals surface area contributed by atoms with Crippen molar-refractivity contribution in [3.05, 3.63) is 0 Å². The second-order valence-corrected chi connectivity index (χ2v) is 14.4. The number of alkyl halides is 2. The minimum atomic E-state index is -1.06. The number of halogens is 2. The highest BCUT2D eigenvalue weighted by Gasteiger charge is 2.60. The number of esters is 1. The first-order chi connectivity index (χ1) is 15.6. The van der Waals surface area contributed by atoms with Gasteiger partial charge in [-0.1, -0.05) is 77.1 Å². The van der Waals surface area contributed by atoms with Crippen molar-refractivity contribution in [2.24, 2.45) is 52.3 Å². The van der Waals surface area contributed by atoms with E-state index in [1.165, 1.54) is 64.2 Å². The topological polar surface area (TPSA) is 26.3 Å². The van der Waals surface area contributed by atoms with Crippen molar-refractivity contribution in [1.82, 2.24) is 0 Å². The van der Waals surface area contributed by atoms with Crippen molar-refractivity contribution in [3.8, 4) is 0 Å². The van der Waals surface area contributed by atoms with Gasteiger partial charge >= 0.3 is 5.97 Å². The second kappa shape index (κ2) is 10.2. The van der Waals surface area contributed by atoms with Crippen LogP contribution in [0.15, 0.2) is 0 Å². The summed E-state index contributed by atoms with van der Waals surface area (Å²) < 4.78 is 5.65. The van der Waals surface area contributed by atoms with Gasteiger partial charge in [-0.15, -0.1) is 0 Å². The zero-order valence-electron chi connectivity index (χ0n) is 21.8. The van der Waals surface area contributed by atoms with E-state index in [-0.39, 0.29) is 6.10 Å². The molecule has 33 heavy (non-hydrogen) atoms. The van der Waals surface area contributed by atoms with Crippen molar-refractivity contribution in [3.63, 3.8) is 0 Å². The van der Waals surface area contributed by atoms with E-state index < -0.39 is 10.8 Å². The van der Waals surface area contributed by atoms with Crippen LogP contribution in [0.25, 0.3) is 0 Å². The van der Waals surface area contributed by atoms with Gasteiger partial charge in [-0.3, -0.25) is 0 Å². The van der Waals surface area contributed by atoms with Crippen molar-refractivity contribution in [1.29, 1.82) is 0 Å². The quantitative estimate of drug-likeness (QED) is 0.258. The molecule has 4 heteroatoms. The molecule has 0 N–H and O–H groups in total. The summed E-state index contributed by atoms with van der Waals surface area (Å²) in [6.07, 6.45) is 15.8. The van der Waals surface area contributed by atoms with Gasteiger partial charge in [0.25, 0.3) is 0 Å². The van der Waals surface area contributed by atoms with Crippen LogP contribution in [0.5, 0.6) is 0 Å². The van der Waals surface area contributed by atoms with Gasteiger partial charge in [-0.25, -0.2) is 4.79 Å². The van der Waals surface area contributed by atoms with E-state index in [1.807, 2.05) is 0 Å². The van der Waals surface area contributed by atoms with Crippen molar-refractivity contribution in [2.45, 2.75) is 123 Å². The standard InChI is InChI=1S/C29H48Cl2O2/c1-18(2)7-6-8-19(3)23-11-12-24-22-10-9-20-17-21(33-27(32)26(30)31)13-15-28(20,4)25(22)14-16-29(23,24)5/h18-26H,6-17H2,1-5H3/t19-,20+,21-,22+,23+,24-,25+,28+,29+/m1/s1. The molecule has 0 aromatic carbocycles. The third kappa shape index (κ3) is 5.00. The summed E-state index contributed by atoms with van der Waals surface area (Å²) >= 11 is 11.5. The first-order valence-corrected chi connectivity index (χ1v) is 14.9. The zero-order valence-corrected chi connectivity index (χ0v) is 23.3. The molecule has 4 rings (SSSR count). The predicted octanol–water partition coefficient (Wildman–Crippen LogP) is 8.82. The van der Waals surface area contributed by atoms with Crippen molar-refractivity contribution >= 4 is 29.2 Å². The molecule has 0 spiro atoms. The fraction of sp³-hybridized carbons (Fsp3) is 0.966. The fourth-order valence-corrected chi connectivity index (χ4v) is 9.67. The molecule has 0 amide bonds. The Morgan fingerprint density at radius 1 is 0.909 bits per heavy atom. The number of hydrogen-bond donors (Lipinski definition) is 0. The maximum atomic E-state index is 11.9. The van der Waals surface area contributed by atoms with Crippen LogP contribution in [0.3, 0.4) is 0 Å². The van der Waals surface area contributed by atoms with Gasteiger partial charge in [0.15, 0.2) is 0 Å². The van der Waals surface area contributed by atoms with Crippen LogP contribution in [0, 0.1) is 52.3 Å². The third-order valence-corrected chi connectivity index (χ3v) is 11.6. The lowest BCUT2D eigenvalue weighted by molar-refractivity contribution is -0.161. The molecule has 0 bridgehead atoms. The maximum Gasteiger partial charge on any atom is 0.339 e. The van der Waals surface area contributed by atoms with E-state index in [4.69, 9.17) is 27.9 Å². The molecule has 0 aromatic rings. The molecule has 4 fully saturated rings. The van der Waals surface area contributed by atoms with Crippen LogP contribution in [0.1, 0.15) is 112 Å². The SMILES string of the molecule is CC(C)CCC[C@@H](C)[C@@H]1CC[C@@H]2[C@@H]3CC[C@H]4C[C@H](OC(=O)C(Cl)Cl)CC[C@]4(C)[C@H]3CC[C@]21C. The van der Waals surface area contributed by atoms with Crippen LogP contribution in [0.4, 0.5) is 0 Å². The van der Waals surface area contributed by atoms with Crippen molar-refractivity contribution < 1.29 is 9.53 Å². The predicted molar refractivity (Wildman–Crippen MR) is 138 cm³/mol. The van der Waals surface area contributed by atoms with E-state index in [1.54, 1.807) is 0 Å². The Morgan fingerprint density at radius 2 is 1.61 bits per heavy atom. The summed E-state index contributed by atoms with van der Waals surface area (Å²) in [5, 5.41) is 0. The molecule has 0 radical (unpaired) electrons. The molecular weight excluding hydrogens is 451 g/mol. The highest BCUT2D eigenvalue weighted by Crippen LogP contribution is 2.68. The van der Waals surface area contributed by atoms with Crippen LogP contribution >= 0.6 is 23.2 Å². The lowest BCUT2D eigenvalue weighted by atomic mass is 9.44. The minimum Gasteiger partial charge on any atom is -0.460 e. The largest absolute Gasteiger partial charge is 0.460 e. The molecule has 0 aliphatic heterocycles. The van der Waals surface area contributed by atoms with Gasteiger partial charge in [0, 0.05) is 0 Å². The number of ether oxygens (including phenoxy) is 1. The van der Waals surface area contributed by atoms with E-state index in [0.29, 0.717) is 16.7 Å². The molecule has 2 nitrogen and oxygen atoms in total. The van der Waals surface area contributed by atoms with E-state index in [9.17, 15) is 4.79 Å². The van der Waals surface area contributed by atoms with Gasteiger partial charge in [-0.2, -0.15) is 0 Å². The molecule has 190 valence electrons. The Kier molecular flexibility index (Phi) is 8.07. The average molecular weight is 500 g/mol. The minimum absolute atomic E-state index is 0.00327. The summed E-state index contributed by atoms with van der Waals surface area (Å²) in [5.74, 6) is 5.53. The molecule has 0 heterocycles. The number of carbonyl (C=O) groups is 1. The average Bonchev–Trinajstić information content (AvgIpc) is 3.11. The van der Waals surface area contributed by atoms with Crippen LogP contribution in [0.2, 0.25) is 0 Å². The summed E-state index contributed by atoms with van der Waals surface area (Å²) in [6, 6.07) is 0. The number of carbonyl (C=O) groups excluding carboxylic acids is 1. The van der Waals surface area contributed by atoms with Gasteiger partial charge in [0.1, 0.15) is 6.10 Å². The molecule has 4 saturated carbocycles. The normalized spacial score (nSPS) is 43.7. The first-order valence-electron chi connectivity index (χ1n) is 14.0. The van der Waals surface area contributed by atoms with Crippen molar-refractivity contribution in [2.75, 3.05) is 0 Å². The Balaban J connectivity index is 1.41. The van der Waals surface area contributed by atoms with Crippen LogP contribution < -0.4 is 0 Å². The molecule has 4 aliphatic rings. The molecule has 9 atom stereocenters. The van der Waals surface area contributed by atoms with E-state index in [0.717, 1.165) is 48.3 Å². The van der Waals surface area contributed by atoms with E-state index >= 15 is 0 Å². The third-order valence-electron chi connectivity index (χ3n) is 11.3. The number of rotatable bonds is 7. The Labute approximate surface area is 213 Å². The highest BCUT2D eigenvalue weighted by atomic mass is 35.5. The second-order valence-electron chi connectivity index (χ2n) is 13.3. The fourth-order valence-electron chi connectivity index (χ4n) is 9.57. The Morgan fingerprint density at radius 3 is 2.30 bits per heavy atom.